The fourth-order valence-corrected chi connectivity index (χ4v) is 19.5. The van der Waals surface area contributed by atoms with E-state index in [1.807, 2.05) is 0 Å². The molecule has 0 bridgehead atoms. The molecule has 1 saturated heterocycles. The van der Waals surface area contributed by atoms with Gasteiger partial charge < -0.3 is 0 Å². The van der Waals surface area contributed by atoms with Crippen molar-refractivity contribution in [2.75, 3.05) is 0 Å². The van der Waals surface area contributed by atoms with Gasteiger partial charge in [0.1, 0.15) is 0 Å². The zero-order valence-electron chi connectivity index (χ0n) is 8.24. The first-order valence-electron chi connectivity index (χ1n) is 5.51. The van der Waals surface area contributed by atoms with Crippen molar-refractivity contribution in [3.8, 4) is 0 Å². The summed E-state index contributed by atoms with van der Waals surface area (Å²) >= 11 is 0.689. The fraction of sp³-hybridized carbons (Fsp3) is 1.00. The zero-order valence-corrected chi connectivity index (χ0v) is 11.8. The number of nitrogens with two attached hydrogens (primary N) is 1. The normalized spacial score (nSPS) is 40.4. The third kappa shape index (κ3) is 2.97. The average Bonchev–Trinajstić information content (AvgIpc) is 2.20. The third-order valence-corrected chi connectivity index (χ3v) is 19.8. The predicted molar refractivity (Wildman–Crippen MR) is 61.9 cm³/mol. The van der Waals surface area contributed by atoms with Gasteiger partial charge in [0.15, 0.2) is 0 Å². The quantitative estimate of drug-likeness (QED) is 0.735. The molecule has 0 aromatic rings. The summed E-state index contributed by atoms with van der Waals surface area (Å²) in [5.41, 5.74) is 5.97. The van der Waals surface area contributed by atoms with E-state index < -0.39 is 0 Å². The Morgan fingerprint density at radius 1 is 1.08 bits per heavy atom. The maximum absolute atomic E-state index is 5.97. The van der Waals surface area contributed by atoms with E-state index in [4.69, 9.17) is 5.73 Å². The summed E-state index contributed by atoms with van der Waals surface area (Å²) in [6, 6.07) is 0.592. The van der Waals surface area contributed by atoms with Gasteiger partial charge in [0.25, 0.3) is 0 Å². The molecule has 0 radical (unpaired) electrons. The van der Waals surface area contributed by atoms with Gasteiger partial charge in [0, 0.05) is 0 Å². The third-order valence-electron chi connectivity index (χ3n) is 3.16. The monoisotopic (exact) mass is 315 g/mol. The van der Waals surface area contributed by atoms with Gasteiger partial charge in [-0.2, -0.15) is 0 Å². The van der Waals surface area contributed by atoms with Crippen LogP contribution >= 0.6 is 0 Å². The van der Waals surface area contributed by atoms with E-state index in [0.717, 1.165) is 13.1 Å². The van der Waals surface area contributed by atoms with E-state index in [9.17, 15) is 0 Å². The van der Waals surface area contributed by atoms with Crippen LogP contribution < -0.4 is 5.73 Å². The van der Waals surface area contributed by atoms with Gasteiger partial charge in [-0.05, 0) is 0 Å². The Morgan fingerprint density at radius 3 is 2.46 bits per heavy atom. The van der Waals surface area contributed by atoms with Crippen LogP contribution in [0.4, 0.5) is 0 Å². The van der Waals surface area contributed by atoms with Crippen molar-refractivity contribution in [2.24, 2.45) is 5.73 Å². The number of hydrogen-bond donors (Lipinski definition) is 1. The summed E-state index contributed by atoms with van der Waals surface area (Å²) < 4.78 is 0. The molecule has 3 heteroatoms. The molecule has 2 fully saturated rings. The zero-order chi connectivity index (χ0) is 9.10. The second-order valence-electron chi connectivity index (χ2n) is 4.28. The summed E-state index contributed by atoms with van der Waals surface area (Å²) in [5, 5.41) is 3.02. The van der Waals surface area contributed by atoms with Gasteiger partial charge in [-0.3, -0.25) is 0 Å². The van der Waals surface area contributed by atoms with Crippen LogP contribution in [0.5, 0.6) is 0 Å². The number of rotatable bonds is 1. The Balaban J connectivity index is 1.79. The summed E-state index contributed by atoms with van der Waals surface area (Å²) in [4.78, 5) is 1.24. The van der Waals surface area contributed by atoms with Crippen LogP contribution in [0.3, 0.4) is 0 Å². The molecule has 78 valence electrons. The van der Waals surface area contributed by atoms with Crippen LogP contribution in [0.15, 0.2) is 0 Å². The molecule has 13 heavy (non-hydrogen) atoms. The second kappa shape index (κ2) is 5.18. The standard InChI is InChI=1S/C10H21NSe2/c11-9-6-7-13(12-8-9)10-4-2-1-3-5-10/h9-10,13H,1-8,11H2. The molecule has 0 aromatic carbocycles. The molecule has 1 aliphatic heterocycles. The van der Waals surface area contributed by atoms with Gasteiger partial charge in [-0.15, -0.1) is 0 Å². The predicted octanol–water partition coefficient (Wildman–Crippen LogP) is 1.90. The Kier molecular flexibility index (Phi) is 4.19. The summed E-state index contributed by atoms with van der Waals surface area (Å²) in [7, 11) is 0. The van der Waals surface area contributed by atoms with Gasteiger partial charge in [-0.1, -0.05) is 0 Å². The van der Waals surface area contributed by atoms with Crippen molar-refractivity contribution in [1.82, 2.24) is 0 Å². The molecule has 1 saturated carbocycles. The van der Waals surface area contributed by atoms with Crippen molar-refractivity contribution in [2.45, 2.75) is 60.0 Å². The molecule has 2 rings (SSSR count). The van der Waals surface area contributed by atoms with Crippen LogP contribution in [0.2, 0.25) is 15.5 Å². The summed E-state index contributed by atoms with van der Waals surface area (Å²) in [6.45, 7) is 0. The SMILES string of the molecule is NC1CC[SeH](C2CCCCC2)[Se]C1. The topological polar surface area (TPSA) is 26.0 Å². The molecule has 2 aliphatic rings. The van der Waals surface area contributed by atoms with Crippen LogP contribution in [-0.2, 0) is 0 Å². The van der Waals surface area contributed by atoms with Crippen LogP contribution in [-0.4, -0.2) is 31.2 Å². The molecule has 1 heterocycles. The Labute approximate surface area is 90.8 Å². The molecular weight excluding hydrogens is 292 g/mol. The van der Waals surface area contributed by atoms with Gasteiger partial charge in [0.05, 0.1) is 0 Å². The Hall–Kier alpha value is 0.999. The minimum atomic E-state index is -0.332. The molecule has 1 aliphatic carbocycles. The summed E-state index contributed by atoms with van der Waals surface area (Å²) in [6.07, 6.45) is 9.16. The van der Waals surface area contributed by atoms with Crippen molar-refractivity contribution >= 4 is 25.2 Å². The molecule has 0 spiro atoms. The van der Waals surface area contributed by atoms with Gasteiger partial charge in [-0.25, -0.2) is 0 Å². The first-order valence-corrected chi connectivity index (χ1v) is 13.9. The second-order valence-corrected chi connectivity index (χ2v) is 17.7. The molecule has 0 aromatic heterocycles. The van der Waals surface area contributed by atoms with E-state index in [1.54, 1.807) is 18.2 Å². The van der Waals surface area contributed by atoms with E-state index in [-0.39, 0.29) is 12.1 Å². The van der Waals surface area contributed by atoms with Crippen LogP contribution in [0, 0.1) is 0 Å². The minimum absolute atomic E-state index is 0.332. The fourth-order valence-electron chi connectivity index (χ4n) is 2.29. The molecule has 1 nitrogen and oxygen atoms in total. The first-order chi connectivity index (χ1) is 6.36. The van der Waals surface area contributed by atoms with Gasteiger partial charge >= 0.3 is 91.0 Å². The number of hydrogen-bond acceptors (Lipinski definition) is 1. The average molecular weight is 313 g/mol. The Morgan fingerprint density at radius 2 is 1.85 bits per heavy atom. The van der Waals surface area contributed by atoms with E-state index in [2.05, 4.69) is 0 Å². The van der Waals surface area contributed by atoms with Gasteiger partial charge in [0.2, 0.25) is 0 Å². The maximum atomic E-state index is 5.97. The Bertz CT molecular complexity index is 149. The first kappa shape index (κ1) is 10.5. The molecular formula is C10H21NSe2. The van der Waals surface area contributed by atoms with Crippen molar-refractivity contribution in [3.05, 3.63) is 0 Å². The van der Waals surface area contributed by atoms with Crippen LogP contribution in [0.25, 0.3) is 0 Å². The van der Waals surface area contributed by atoms with E-state index in [0.29, 0.717) is 6.04 Å². The summed E-state index contributed by atoms with van der Waals surface area (Å²) in [5.74, 6) is 0. The molecule has 0 amide bonds. The van der Waals surface area contributed by atoms with Crippen molar-refractivity contribution in [3.63, 3.8) is 0 Å². The van der Waals surface area contributed by atoms with E-state index in [1.165, 1.54) is 35.8 Å². The van der Waals surface area contributed by atoms with Crippen LogP contribution in [0.1, 0.15) is 38.5 Å². The van der Waals surface area contributed by atoms with Crippen molar-refractivity contribution in [1.29, 1.82) is 0 Å². The van der Waals surface area contributed by atoms with Crippen molar-refractivity contribution < 1.29 is 0 Å². The van der Waals surface area contributed by atoms with E-state index >= 15 is 0 Å². The molecule has 2 atom stereocenters. The molecule has 2 N–H and O–H groups in total. The molecule has 2 unspecified atom stereocenters.